The molecule has 0 amide bonds. The zero-order chi connectivity index (χ0) is 29.3. The van der Waals surface area contributed by atoms with Crippen LogP contribution in [-0.2, 0) is 25.7 Å². The molecular weight excluding hydrogens is 588 g/mol. The minimum absolute atomic E-state index is 1.12. The van der Waals surface area contributed by atoms with E-state index in [9.17, 15) is 0 Å². The first-order valence-electron chi connectivity index (χ1n) is 14.9. The van der Waals surface area contributed by atoms with Gasteiger partial charge in [0.15, 0.2) is 0 Å². The van der Waals surface area contributed by atoms with E-state index in [1.807, 2.05) is 60.7 Å². The molecule has 8 rings (SSSR count). The van der Waals surface area contributed by atoms with Crippen molar-refractivity contribution in [2.24, 2.45) is 0 Å². The van der Waals surface area contributed by atoms with Crippen molar-refractivity contribution in [3.8, 4) is 0 Å². The molecule has 0 aliphatic heterocycles. The fraction of sp³-hybridized carbons (Fsp3) is 0.100. The molecule has 6 aromatic rings. The zero-order valence-corrected chi connectivity index (χ0v) is 25.8. The highest BCUT2D eigenvalue weighted by Crippen LogP contribution is 2.37. The number of hydrogen-bond acceptors (Lipinski definition) is 2. The van der Waals surface area contributed by atoms with E-state index >= 15 is 0 Å². The van der Waals surface area contributed by atoms with Crippen molar-refractivity contribution in [1.82, 2.24) is 0 Å². The molecule has 2 aliphatic carbocycles. The number of benzene rings is 6. The van der Waals surface area contributed by atoms with Crippen molar-refractivity contribution < 1.29 is 0 Å². The van der Waals surface area contributed by atoms with Gasteiger partial charge in [-0.2, -0.15) is 0 Å². The highest BCUT2D eigenvalue weighted by Gasteiger charge is 2.17. The van der Waals surface area contributed by atoms with Gasteiger partial charge in [0.1, 0.15) is 0 Å². The van der Waals surface area contributed by atoms with Gasteiger partial charge in [-0.3, -0.25) is 0 Å². The number of para-hydroxylation sites is 4. The summed E-state index contributed by atoms with van der Waals surface area (Å²) in [5.41, 5.74) is 11.9. The van der Waals surface area contributed by atoms with Crippen LogP contribution in [-0.4, -0.2) is 0 Å². The van der Waals surface area contributed by atoms with Crippen molar-refractivity contribution >= 4 is 44.4 Å². The Balaban J connectivity index is 0.000000127. The van der Waals surface area contributed by atoms with E-state index in [1.165, 1.54) is 69.5 Å². The monoisotopic (exact) mass is 622 g/mol. The quantitative estimate of drug-likeness (QED) is 0.206. The summed E-state index contributed by atoms with van der Waals surface area (Å²) in [5.74, 6) is 0. The molecule has 2 nitrogen and oxygen atoms in total. The Hall–Kier alpha value is -4.60. The third-order valence-electron chi connectivity index (χ3n) is 7.81. The highest BCUT2D eigenvalue weighted by molar-refractivity contribution is 9.10. The van der Waals surface area contributed by atoms with Crippen LogP contribution in [0.1, 0.15) is 22.3 Å². The molecule has 212 valence electrons. The Labute approximate surface area is 263 Å². The number of rotatable bonds is 5. The third-order valence-corrected chi connectivity index (χ3v) is 8.30. The lowest BCUT2D eigenvalue weighted by Gasteiger charge is -2.28. The van der Waals surface area contributed by atoms with Crippen molar-refractivity contribution in [3.05, 3.63) is 184 Å². The van der Waals surface area contributed by atoms with Gasteiger partial charge in [0.2, 0.25) is 0 Å². The predicted molar refractivity (Wildman–Crippen MR) is 186 cm³/mol. The van der Waals surface area contributed by atoms with E-state index in [1.54, 1.807) is 0 Å². The van der Waals surface area contributed by atoms with E-state index in [0.717, 1.165) is 11.4 Å². The van der Waals surface area contributed by atoms with Crippen molar-refractivity contribution in [3.63, 3.8) is 0 Å². The number of hydrogen-bond donors (Lipinski definition) is 1. The van der Waals surface area contributed by atoms with Gasteiger partial charge in [0.05, 0.1) is 0 Å². The summed E-state index contributed by atoms with van der Waals surface area (Å²) in [6.45, 7) is 0. The molecular formula is C40H35BrN2. The number of aryl methyl sites for hydroxylation is 4. The number of halogens is 1. The summed E-state index contributed by atoms with van der Waals surface area (Å²) in [7, 11) is 0. The second-order valence-electron chi connectivity index (χ2n) is 10.7. The molecule has 2 aliphatic rings. The molecule has 0 unspecified atom stereocenters. The number of fused-ring (bicyclic) bond motifs is 2. The van der Waals surface area contributed by atoms with Gasteiger partial charge in [-0.15, -0.1) is 0 Å². The van der Waals surface area contributed by atoms with Gasteiger partial charge in [-0.1, -0.05) is 101 Å². The van der Waals surface area contributed by atoms with E-state index in [2.05, 4.69) is 123 Å². The number of nitrogens with one attached hydrogen (secondary N) is 1. The van der Waals surface area contributed by atoms with Crippen molar-refractivity contribution in [1.29, 1.82) is 0 Å². The lowest BCUT2D eigenvalue weighted by atomic mass is 9.88. The Morgan fingerprint density at radius 3 is 1.21 bits per heavy atom. The van der Waals surface area contributed by atoms with Crippen molar-refractivity contribution in [2.45, 2.75) is 25.7 Å². The van der Waals surface area contributed by atoms with Crippen LogP contribution in [0.15, 0.2) is 162 Å². The van der Waals surface area contributed by atoms with Crippen LogP contribution < -0.4 is 10.2 Å². The maximum absolute atomic E-state index is 3.43. The summed E-state index contributed by atoms with van der Waals surface area (Å²) in [5, 5.41) is 3.30. The largest absolute Gasteiger partial charge is 0.356 e. The van der Waals surface area contributed by atoms with Gasteiger partial charge in [-0.25, -0.2) is 0 Å². The van der Waals surface area contributed by atoms with Gasteiger partial charge in [-0.05, 0) is 121 Å². The van der Waals surface area contributed by atoms with Crippen LogP contribution in [0.5, 0.6) is 0 Å². The third kappa shape index (κ3) is 7.43. The molecule has 0 spiro atoms. The van der Waals surface area contributed by atoms with E-state index in [4.69, 9.17) is 0 Å². The van der Waals surface area contributed by atoms with Crippen LogP contribution in [0.4, 0.5) is 28.4 Å². The second-order valence-corrected chi connectivity index (χ2v) is 11.6. The van der Waals surface area contributed by atoms with Crippen LogP contribution >= 0.6 is 15.9 Å². The maximum atomic E-state index is 3.43. The molecule has 0 saturated heterocycles. The van der Waals surface area contributed by atoms with E-state index in [0.29, 0.717) is 0 Å². The minimum atomic E-state index is 1.12. The normalized spacial score (nSPS) is 11.9. The Kier molecular flexibility index (Phi) is 9.31. The molecule has 43 heavy (non-hydrogen) atoms. The first-order chi connectivity index (χ1) is 21.2. The standard InChI is InChI=1S/C20H17N.C12H11N.C8H7Br/c1-3-7-18(8-4-1)21(19-9-5-2-6-10-19)20-14-13-16-11-12-17(16)15-20;1-3-7-11(8-4-1)13-12-9-5-2-6-10-12;9-8-4-3-6-1-2-7(6)5-8/h1-10,13-15H,11-12H2;1-10,13H;3-5H,1-2H2. The lowest BCUT2D eigenvalue weighted by Crippen LogP contribution is -2.13. The zero-order valence-electron chi connectivity index (χ0n) is 24.2. The smallest absolute Gasteiger partial charge is 0.0464 e. The molecule has 1 N–H and O–H groups in total. The fourth-order valence-corrected chi connectivity index (χ4v) is 5.70. The van der Waals surface area contributed by atoms with Gasteiger partial charge < -0.3 is 10.2 Å². The number of anilines is 5. The summed E-state index contributed by atoms with van der Waals surface area (Å²) < 4.78 is 1.21. The second kappa shape index (κ2) is 14.0. The topological polar surface area (TPSA) is 15.3 Å². The molecule has 3 heteroatoms. The lowest BCUT2D eigenvalue weighted by molar-refractivity contribution is 0.838. The molecule has 0 fully saturated rings. The molecule has 0 radical (unpaired) electrons. The SMILES string of the molecule is Brc1ccc2c(c1)CC2.c1ccc(N(c2ccccc2)c2ccc3c(c2)CC3)cc1.c1ccc(Nc2ccccc2)cc1. The molecule has 0 bridgehead atoms. The van der Waals surface area contributed by atoms with E-state index < -0.39 is 0 Å². The molecule has 6 aromatic carbocycles. The average molecular weight is 624 g/mol. The fourth-order valence-electron chi connectivity index (χ4n) is 5.30. The van der Waals surface area contributed by atoms with Crippen molar-refractivity contribution in [2.75, 3.05) is 10.2 Å². The highest BCUT2D eigenvalue weighted by atomic mass is 79.9. The molecule has 0 aromatic heterocycles. The first-order valence-corrected chi connectivity index (χ1v) is 15.7. The summed E-state index contributed by atoms with van der Waals surface area (Å²) in [4.78, 5) is 2.32. The Morgan fingerprint density at radius 2 is 0.814 bits per heavy atom. The molecule has 0 saturated carbocycles. The van der Waals surface area contributed by atoms with Gasteiger partial charge >= 0.3 is 0 Å². The Morgan fingerprint density at radius 1 is 0.395 bits per heavy atom. The summed E-state index contributed by atoms with van der Waals surface area (Å²) in [6.07, 6.45) is 4.99. The summed E-state index contributed by atoms with van der Waals surface area (Å²) in [6, 6.07) is 54.8. The predicted octanol–water partition coefficient (Wildman–Crippen LogP) is 11.2. The average Bonchev–Trinajstić information content (AvgIpc) is 3.03. The van der Waals surface area contributed by atoms with E-state index in [-0.39, 0.29) is 0 Å². The maximum Gasteiger partial charge on any atom is 0.0464 e. The Bertz CT molecular complexity index is 1660. The van der Waals surface area contributed by atoms with Crippen LogP contribution in [0.25, 0.3) is 0 Å². The minimum Gasteiger partial charge on any atom is -0.356 e. The van der Waals surface area contributed by atoms with Crippen LogP contribution in [0.2, 0.25) is 0 Å². The summed E-state index contributed by atoms with van der Waals surface area (Å²) >= 11 is 3.43. The molecule has 0 atom stereocenters. The number of nitrogens with zero attached hydrogens (tertiary/aromatic N) is 1. The van der Waals surface area contributed by atoms with Gasteiger partial charge in [0.25, 0.3) is 0 Å². The molecule has 0 heterocycles. The van der Waals surface area contributed by atoms with Crippen LogP contribution in [0, 0.1) is 0 Å². The van der Waals surface area contributed by atoms with Crippen LogP contribution in [0.3, 0.4) is 0 Å². The first kappa shape index (κ1) is 28.5. The van der Waals surface area contributed by atoms with Gasteiger partial charge in [0, 0.05) is 32.9 Å².